The number of hydrogen-bond acceptors (Lipinski definition) is 9. The number of carbonyl (C=O) groups is 1. The van der Waals surface area contributed by atoms with Crippen LogP contribution >= 0.6 is 0 Å². The first-order valence-corrected chi connectivity index (χ1v) is 14.5. The number of halogens is 3. The maximum absolute atomic E-state index is 13.2. The van der Waals surface area contributed by atoms with Crippen LogP contribution in [0.2, 0.25) is 0 Å². The summed E-state index contributed by atoms with van der Waals surface area (Å²) in [6.07, 6.45) is 1.75. The van der Waals surface area contributed by atoms with Crippen LogP contribution < -0.4 is 4.74 Å². The van der Waals surface area contributed by atoms with E-state index in [1.54, 1.807) is 12.1 Å². The lowest BCUT2D eigenvalue weighted by atomic mass is 9.68. The Morgan fingerprint density at radius 1 is 1.07 bits per heavy atom. The normalized spacial score (nSPS) is 22.2. The van der Waals surface area contributed by atoms with E-state index in [0.29, 0.717) is 54.3 Å². The Balaban J connectivity index is 1.18. The van der Waals surface area contributed by atoms with E-state index >= 15 is 0 Å². The molecule has 10 nitrogen and oxygen atoms in total. The van der Waals surface area contributed by atoms with Gasteiger partial charge in [-0.3, -0.25) is 4.98 Å². The third-order valence-corrected chi connectivity index (χ3v) is 8.75. The second-order valence-corrected chi connectivity index (χ2v) is 11.7. The number of carboxylic acid groups (broad SMARTS) is 1. The SMILES string of the molecule is CCC1(OCc2c(-c3ccccc3OC(F)(F)F)noc2C2CC2)CCC(C)(c2nc(-c3ccc(C(=O)O)cn3)no2)CC1. The molecule has 0 unspecified atom stereocenters. The van der Waals surface area contributed by atoms with E-state index in [0.717, 1.165) is 19.3 Å². The summed E-state index contributed by atoms with van der Waals surface area (Å²) in [6.45, 7) is 4.26. The van der Waals surface area contributed by atoms with Crippen LogP contribution in [0.4, 0.5) is 13.2 Å². The van der Waals surface area contributed by atoms with E-state index in [9.17, 15) is 18.0 Å². The average molecular weight is 613 g/mol. The van der Waals surface area contributed by atoms with Gasteiger partial charge in [-0.15, -0.1) is 13.2 Å². The monoisotopic (exact) mass is 612 g/mol. The lowest BCUT2D eigenvalue weighted by Gasteiger charge is -2.43. The highest BCUT2D eigenvalue weighted by Gasteiger charge is 2.45. The van der Waals surface area contributed by atoms with Crippen LogP contribution in [0, 0.1) is 0 Å². The van der Waals surface area contributed by atoms with Gasteiger partial charge in [-0.1, -0.05) is 36.3 Å². The summed E-state index contributed by atoms with van der Waals surface area (Å²) in [4.78, 5) is 19.9. The number of rotatable bonds is 10. The maximum atomic E-state index is 13.2. The van der Waals surface area contributed by atoms with Crippen LogP contribution in [-0.4, -0.2) is 43.3 Å². The molecule has 1 aromatic carbocycles. The smallest absolute Gasteiger partial charge is 0.478 e. The summed E-state index contributed by atoms with van der Waals surface area (Å²) >= 11 is 0. The van der Waals surface area contributed by atoms with Crippen LogP contribution in [-0.2, 0) is 16.8 Å². The van der Waals surface area contributed by atoms with Crippen LogP contribution in [0.5, 0.6) is 5.75 Å². The molecule has 0 amide bonds. The molecule has 2 aliphatic rings. The molecule has 13 heteroatoms. The average Bonchev–Trinajstić information content (AvgIpc) is 3.55. The van der Waals surface area contributed by atoms with Crippen LogP contribution in [0.3, 0.4) is 0 Å². The largest absolute Gasteiger partial charge is 0.573 e. The maximum Gasteiger partial charge on any atom is 0.573 e. The third-order valence-electron chi connectivity index (χ3n) is 8.75. The van der Waals surface area contributed by atoms with Gasteiger partial charge in [0, 0.05) is 28.7 Å². The number of aromatic nitrogens is 4. The number of para-hydroxylation sites is 1. The Labute approximate surface area is 250 Å². The predicted molar refractivity (Wildman–Crippen MR) is 149 cm³/mol. The van der Waals surface area contributed by atoms with Crippen molar-refractivity contribution in [1.29, 1.82) is 0 Å². The first-order valence-electron chi connectivity index (χ1n) is 14.5. The first kappa shape index (κ1) is 29.8. The Kier molecular flexibility index (Phi) is 7.68. The quantitative estimate of drug-likeness (QED) is 0.192. The van der Waals surface area contributed by atoms with Gasteiger partial charge in [0.25, 0.3) is 0 Å². The van der Waals surface area contributed by atoms with E-state index in [4.69, 9.17) is 18.9 Å². The summed E-state index contributed by atoms with van der Waals surface area (Å²) in [6, 6.07) is 8.89. The second-order valence-electron chi connectivity index (χ2n) is 11.7. The van der Waals surface area contributed by atoms with Crippen molar-refractivity contribution in [3.63, 3.8) is 0 Å². The molecule has 3 aromatic heterocycles. The lowest BCUT2D eigenvalue weighted by Crippen LogP contribution is -2.41. The van der Waals surface area contributed by atoms with Crippen molar-refractivity contribution in [3.05, 3.63) is 65.4 Å². The molecular weight excluding hydrogens is 581 g/mol. The van der Waals surface area contributed by atoms with Gasteiger partial charge in [-0.05, 0) is 69.2 Å². The molecule has 0 saturated heterocycles. The lowest BCUT2D eigenvalue weighted by molar-refractivity contribution is -0.274. The topological polar surface area (TPSA) is 134 Å². The fourth-order valence-corrected chi connectivity index (χ4v) is 5.74. The molecule has 0 bridgehead atoms. The number of alkyl halides is 3. The zero-order valence-electron chi connectivity index (χ0n) is 24.2. The Morgan fingerprint density at radius 3 is 2.45 bits per heavy atom. The van der Waals surface area contributed by atoms with Crippen molar-refractivity contribution < 1.29 is 41.6 Å². The minimum Gasteiger partial charge on any atom is -0.478 e. The van der Waals surface area contributed by atoms with Crippen molar-refractivity contribution in [3.8, 4) is 28.5 Å². The van der Waals surface area contributed by atoms with Gasteiger partial charge in [0.1, 0.15) is 22.9 Å². The summed E-state index contributed by atoms with van der Waals surface area (Å²) in [7, 11) is 0. The van der Waals surface area contributed by atoms with E-state index in [1.165, 1.54) is 30.5 Å². The molecule has 3 heterocycles. The number of hydrogen-bond donors (Lipinski definition) is 1. The van der Waals surface area contributed by atoms with Crippen molar-refractivity contribution >= 4 is 5.97 Å². The highest BCUT2D eigenvalue weighted by Crippen LogP contribution is 2.48. The molecule has 4 aromatic rings. The first-order chi connectivity index (χ1) is 21.0. The van der Waals surface area contributed by atoms with E-state index in [1.807, 2.05) is 0 Å². The molecule has 0 atom stereocenters. The van der Waals surface area contributed by atoms with Crippen molar-refractivity contribution in [2.45, 2.75) is 88.7 Å². The third kappa shape index (κ3) is 6.05. The highest BCUT2D eigenvalue weighted by atomic mass is 19.4. The molecule has 2 fully saturated rings. The fourth-order valence-electron chi connectivity index (χ4n) is 5.74. The van der Waals surface area contributed by atoms with Crippen LogP contribution in [0.15, 0.2) is 51.6 Å². The predicted octanol–water partition coefficient (Wildman–Crippen LogP) is 7.46. The molecular formula is C31H31F3N4O6. The van der Waals surface area contributed by atoms with Gasteiger partial charge < -0.3 is 23.6 Å². The van der Waals surface area contributed by atoms with Crippen molar-refractivity contribution in [1.82, 2.24) is 20.3 Å². The van der Waals surface area contributed by atoms with Gasteiger partial charge >= 0.3 is 12.3 Å². The standard InChI is InChI=1S/C31H31F3N4O6/c1-3-30(14-12-29(2,13-15-30)28-36-26(38-44-28)22-11-10-19(16-35-22)27(39)40)41-17-21-24(37-43-25(21)18-8-9-18)20-6-4-5-7-23(20)42-31(32,33)34/h4-7,10-11,16,18H,3,8-9,12-15,17H2,1-2H3,(H,39,40). The van der Waals surface area contributed by atoms with E-state index in [2.05, 4.69) is 38.9 Å². The number of carboxylic acids is 1. The molecule has 232 valence electrons. The molecule has 0 aliphatic heterocycles. The molecule has 6 rings (SSSR count). The summed E-state index contributed by atoms with van der Waals surface area (Å²) in [5.74, 6) is 0.154. The number of benzene rings is 1. The minimum absolute atomic E-state index is 0.0639. The van der Waals surface area contributed by atoms with Gasteiger partial charge in [0.05, 0.1) is 17.8 Å². The molecule has 1 N–H and O–H groups in total. The summed E-state index contributed by atoms with van der Waals surface area (Å²) in [5.41, 5.74) is 0.720. The van der Waals surface area contributed by atoms with Gasteiger partial charge in [0.2, 0.25) is 11.7 Å². The molecule has 2 saturated carbocycles. The molecule has 0 radical (unpaired) electrons. The number of pyridine rings is 1. The van der Waals surface area contributed by atoms with Crippen LogP contribution in [0.25, 0.3) is 22.8 Å². The molecule has 0 spiro atoms. The summed E-state index contributed by atoms with van der Waals surface area (Å²) < 4.78 is 61.7. The fraction of sp³-hybridized carbons (Fsp3) is 0.452. The molecule has 44 heavy (non-hydrogen) atoms. The highest BCUT2D eigenvalue weighted by molar-refractivity contribution is 5.87. The van der Waals surface area contributed by atoms with Gasteiger partial charge in [0.15, 0.2) is 0 Å². The van der Waals surface area contributed by atoms with Crippen molar-refractivity contribution in [2.75, 3.05) is 0 Å². The number of nitrogens with zero attached hydrogens (tertiary/aromatic N) is 4. The second kappa shape index (κ2) is 11.3. The van der Waals surface area contributed by atoms with Gasteiger partial charge in [-0.2, -0.15) is 4.98 Å². The van der Waals surface area contributed by atoms with Gasteiger partial charge in [-0.25, -0.2) is 4.79 Å². The Hall–Kier alpha value is -4.26. The zero-order valence-corrected chi connectivity index (χ0v) is 24.2. The number of aromatic carboxylic acids is 1. The molecule has 2 aliphatic carbocycles. The number of ether oxygens (including phenoxy) is 2. The van der Waals surface area contributed by atoms with Crippen molar-refractivity contribution in [2.24, 2.45) is 0 Å². The Morgan fingerprint density at radius 2 is 1.82 bits per heavy atom. The Bertz CT molecular complexity index is 1640. The van der Waals surface area contributed by atoms with E-state index in [-0.39, 0.29) is 35.2 Å². The minimum atomic E-state index is -4.85. The van der Waals surface area contributed by atoms with Crippen LogP contribution in [0.1, 0.15) is 92.3 Å². The summed E-state index contributed by atoms with van der Waals surface area (Å²) in [5, 5.41) is 17.4. The van der Waals surface area contributed by atoms with E-state index < -0.39 is 23.3 Å². The zero-order chi connectivity index (χ0) is 31.1.